The second-order valence-electron chi connectivity index (χ2n) is 5.30. The van der Waals surface area contributed by atoms with Crippen molar-refractivity contribution < 1.29 is 15.0 Å². The Hall–Kier alpha value is -1.04. The lowest BCUT2D eigenvalue weighted by atomic mass is 9.79. The van der Waals surface area contributed by atoms with Crippen LogP contribution in [0.25, 0.3) is 0 Å². The Morgan fingerprint density at radius 2 is 2.05 bits per heavy atom. The number of benzene rings is 1. The number of hydrogen-bond acceptors (Lipinski definition) is 4. The first-order valence-electron chi connectivity index (χ1n) is 6.48. The molecule has 0 radical (unpaired) electrons. The molecular formula is C14H17NO3S. The Balaban J connectivity index is 1.78. The fraction of sp³-hybridized carbons (Fsp3) is 0.500. The van der Waals surface area contributed by atoms with Crippen LogP contribution in [0.3, 0.4) is 0 Å². The molecule has 1 saturated carbocycles. The molecule has 5 heteroatoms. The van der Waals surface area contributed by atoms with Gasteiger partial charge in [-0.15, -0.1) is 0 Å². The molecule has 4 atom stereocenters. The molecule has 0 unspecified atom stereocenters. The van der Waals surface area contributed by atoms with Crippen LogP contribution < -0.4 is 5.32 Å². The Kier molecular flexibility index (Phi) is 3.28. The zero-order chi connectivity index (χ0) is 13.5. The third-order valence-corrected chi connectivity index (χ3v) is 5.71. The van der Waals surface area contributed by atoms with Crippen molar-refractivity contribution in [1.29, 1.82) is 0 Å². The zero-order valence-corrected chi connectivity index (χ0v) is 11.3. The van der Waals surface area contributed by atoms with E-state index in [0.717, 1.165) is 0 Å². The van der Waals surface area contributed by atoms with E-state index in [1.807, 2.05) is 18.2 Å². The van der Waals surface area contributed by atoms with Gasteiger partial charge in [-0.25, -0.2) is 0 Å². The summed E-state index contributed by atoms with van der Waals surface area (Å²) in [6.45, 7) is 0. The van der Waals surface area contributed by atoms with E-state index in [2.05, 4.69) is 5.32 Å². The summed E-state index contributed by atoms with van der Waals surface area (Å²) in [5, 5.41) is 23.0. The van der Waals surface area contributed by atoms with Crippen molar-refractivity contribution in [3.8, 4) is 0 Å². The molecule has 1 aromatic carbocycles. The molecule has 1 amide bonds. The number of carbonyl (C=O) groups excluding carboxylic acids is 1. The average Bonchev–Trinajstić information content (AvgIpc) is 2.64. The molecule has 1 aromatic rings. The number of rotatable bonds is 2. The molecule has 0 spiro atoms. The minimum atomic E-state index is -0.672. The Morgan fingerprint density at radius 1 is 1.32 bits per heavy atom. The number of hydrogen-bond donors (Lipinski definition) is 3. The molecular weight excluding hydrogens is 262 g/mol. The van der Waals surface area contributed by atoms with Crippen LogP contribution in [0.1, 0.15) is 23.2 Å². The number of amides is 1. The van der Waals surface area contributed by atoms with E-state index in [1.54, 1.807) is 23.9 Å². The molecule has 2 fully saturated rings. The predicted octanol–water partition coefficient (Wildman–Crippen LogP) is 0.786. The van der Waals surface area contributed by atoms with Gasteiger partial charge >= 0.3 is 0 Å². The molecule has 1 heterocycles. The quantitative estimate of drug-likeness (QED) is 0.748. The van der Waals surface area contributed by atoms with Crippen molar-refractivity contribution in [2.75, 3.05) is 5.75 Å². The van der Waals surface area contributed by atoms with Crippen LogP contribution in [0.15, 0.2) is 30.3 Å². The monoisotopic (exact) mass is 279 g/mol. The topological polar surface area (TPSA) is 69.6 Å². The zero-order valence-electron chi connectivity index (χ0n) is 10.5. The molecule has 4 nitrogen and oxygen atoms in total. The van der Waals surface area contributed by atoms with Crippen LogP contribution in [-0.2, 0) is 0 Å². The van der Waals surface area contributed by atoms with Crippen LogP contribution in [0, 0.1) is 0 Å². The second-order valence-corrected chi connectivity index (χ2v) is 6.47. The van der Waals surface area contributed by atoms with Gasteiger partial charge in [-0.3, -0.25) is 4.79 Å². The minimum Gasteiger partial charge on any atom is -0.392 e. The molecule has 1 aliphatic carbocycles. The first-order valence-corrected chi connectivity index (χ1v) is 7.53. The van der Waals surface area contributed by atoms with Gasteiger partial charge in [0.2, 0.25) is 0 Å². The minimum absolute atomic E-state index is 0.155. The molecule has 1 saturated heterocycles. The van der Waals surface area contributed by atoms with Gasteiger partial charge in [-0.1, -0.05) is 18.2 Å². The summed E-state index contributed by atoms with van der Waals surface area (Å²) in [5.74, 6) is 0.506. The van der Waals surface area contributed by atoms with Gasteiger partial charge in [-0.05, 0) is 25.0 Å². The number of thioether (sulfide) groups is 1. The van der Waals surface area contributed by atoms with E-state index in [1.165, 1.54) is 0 Å². The maximum absolute atomic E-state index is 12.2. The van der Waals surface area contributed by atoms with Gasteiger partial charge in [0, 0.05) is 11.3 Å². The maximum atomic E-state index is 12.2. The summed E-state index contributed by atoms with van der Waals surface area (Å²) in [6, 6.07) is 9.02. The molecule has 0 aromatic heterocycles. The summed E-state index contributed by atoms with van der Waals surface area (Å²) in [4.78, 5) is 12.2. The van der Waals surface area contributed by atoms with E-state index in [-0.39, 0.29) is 11.2 Å². The van der Waals surface area contributed by atoms with Crippen molar-refractivity contribution in [2.24, 2.45) is 0 Å². The fourth-order valence-electron chi connectivity index (χ4n) is 2.91. The fourth-order valence-corrected chi connectivity index (χ4v) is 4.59. The Bertz CT molecular complexity index is 481. The number of nitrogens with one attached hydrogen (secondary N) is 1. The molecule has 2 bridgehead atoms. The lowest BCUT2D eigenvalue weighted by Crippen LogP contribution is -2.61. The number of aliphatic hydroxyl groups is 2. The molecule has 19 heavy (non-hydrogen) atoms. The van der Waals surface area contributed by atoms with E-state index in [9.17, 15) is 15.0 Å². The van der Waals surface area contributed by atoms with Crippen molar-refractivity contribution >= 4 is 17.7 Å². The van der Waals surface area contributed by atoms with Crippen LogP contribution in [-0.4, -0.2) is 44.9 Å². The van der Waals surface area contributed by atoms with Crippen molar-refractivity contribution in [3.05, 3.63) is 35.9 Å². The molecule has 2 aliphatic rings. The highest BCUT2D eigenvalue weighted by Gasteiger charge is 2.54. The summed E-state index contributed by atoms with van der Waals surface area (Å²) in [7, 11) is 0. The van der Waals surface area contributed by atoms with Gasteiger partial charge in [0.05, 0.1) is 23.0 Å². The third-order valence-electron chi connectivity index (χ3n) is 4.07. The summed E-state index contributed by atoms with van der Waals surface area (Å²) >= 11 is 1.55. The Morgan fingerprint density at radius 3 is 2.79 bits per heavy atom. The van der Waals surface area contributed by atoms with Crippen LogP contribution in [0.2, 0.25) is 0 Å². The highest BCUT2D eigenvalue weighted by Crippen LogP contribution is 2.45. The third kappa shape index (κ3) is 2.16. The second kappa shape index (κ2) is 4.81. The normalized spacial score (nSPS) is 37.1. The van der Waals surface area contributed by atoms with E-state index in [4.69, 9.17) is 0 Å². The highest BCUT2D eigenvalue weighted by molar-refractivity contribution is 8.00. The molecule has 1 aliphatic heterocycles. The van der Waals surface area contributed by atoms with Gasteiger partial charge < -0.3 is 15.5 Å². The molecule has 3 N–H and O–H groups in total. The molecule has 3 rings (SSSR count). The van der Waals surface area contributed by atoms with Gasteiger partial charge in [0.25, 0.3) is 5.91 Å². The highest BCUT2D eigenvalue weighted by atomic mass is 32.2. The molecule has 102 valence electrons. The number of fused-ring (bicyclic) bond motifs is 2. The summed E-state index contributed by atoms with van der Waals surface area (Å²) in [6.07, 6.45) is 0.111. The van der Waals surface area contributed by atoms with Crippen LogP contribution in [0.5, 0.6) is 0 Å². The standard InChI is InChI=1S/C14H17NO3S/c16-10-6-7-14(8-19-11(10)12(14)17)15-13(18)9-4-2-1-3-5-9/h1-5,10-12,16-17H,6-8H2,(H,15,18)/t10-,11+,12+,14-/m1/s1. The van der Waals surface area contributed by atoms with E-state index >= 15 is 0 Å². The lowest BCUT2D eigenvalue weighted by Gasteiger charge is -2.39. The van der Waals surface area contributed by atoms with Crippen LogP contribution in [0.4, 0.5) is 0 Å². The number of carbonyl (C=O) groups is 1. The lowest BCUT2D eigenvalue weighted by molar-refractivity contribution is -0.00240. The Labute approximate surface area is 116 Å². The predicted molar refractivity (Wildman–Crippen MR) is 74.1 cm³/mol. The largest absolute Gasteiger partial charge is 0.392 e. The summed E-state index contributed by atoms with van der Waals surface area (Å²) in [5.41, 5.74) is 0.0187. The smallest absolute Gasteiger partial charge is 0.251 e. The van der Waals surface area contributed by atoms with Gasteiger partial charge in [0.1, 0.15) is 0 Å². The maximum Gasteiger partial charge on any atom is 0.251 e. The first-order chi connectivity index (χ1) is 9.12. The average molecular weight is 279 g/mol. The van der Waals surface area contributed by atoms with Crippen LogP contribution >= 0.6 is 11.8 Å². The summed E-state index contributed by atoms with van der Waals surface area (Å²) < 4.78 is 0. The SMILES string of the molecule is O=C(N[C@]12CC[C@@H](O)[C@H](SC1)[C@@H]2O)c1ccccc1. The van der Waals surface area contributed by atoms with E-state index < -0.39 is 17.7 Å². The van der Waals surface area contributed by atoms with E-state index in [0.29, 0.717) is 24.2 Å². The van der Waals surface area contributed by atoms with Gasteiger partial charge in [-0.2, -0.15) is 11.8 Å². The number of aliphatic hydroxyl groups excluding tert-OH is 2. The van der Waals surface area contributed by atoms with Gasteiger partial charge in [0.15, 0.2) is 0 Å². The van der Waals surface area contributed by atoms with Crippen molar-refractivity contribution in [2.45, 2.75) is 35.8 Å². The van der Waals surface area contributed by atoms with Crippen molar-refractivity contribution in [1.82, 2.24) is 5.32 Å². The first kappa shape index (κ1) is 13.0. The van der Waals surface area contributed by atoms with Crippen molar-refractivity contribution in [3.63, 3.8) is 0 Å².